The van der Waals surface area contributed by atoms with Crippen molar-refractivity contribution in [2.24, 2.45) is 11.7 Å². The Morgan fingerprint density at radius 1 is 1.35 bits per heavy atom. The van der Waals surface area contributed by atoms with Crippen LogP contribution in [0, 0.1) is 11.7 Å². The number of nitrogens with zero attached hydrogens (tertiary/aromatic N) is 1. The Bertz CT molecular complexity index is 544. The molecule has 6 nitrogen and oxygen atoms in total. The molecule has 0 saturated carbocycles. The molecule has 1 aromatic carbocycles. The number of rotatable bonds is 4. The number of hydrogen-bond acceptors (Lipinski definition) is 3. The fourth-order valence-corrected chi connectivity index (χ4v) is 2.47. The highest BCUT2D eigenvalue weighted by Crippen LogP contribution is 2.19. The van der Waals surface area contributed by atoms with Crippen LogP contribution >= 0.6 is 12.4 Å². The molecule has 3 amide bonds. The smallest absolute Gasteiger partial charge is 0.321 e. The molecule has 8 heteroatoms. The Hall–Kier alpha value is -1.86. The molecule has 0 spiro atoms. The van der Waals surface area contributed by atoms with Gasteiger partial charge >= 0.3 is 6.03 Å². The molecule has 1 aromatic rings. The fourth-order valence-electron chi connectivity index (χ4n) is 2.47. The number of nitrogens with one attached hydrogen (secondary N) is 2. The molecule has 0 aliphatic carbocycles. The van der Waals surface area contributed by atoms with Crippen molar-refractivity contribution in [2.45, 2.75) is 12.8 Å². The lowest BCUT2D eigenvalue weighted by atomic mass is 9.97. The number of para-hydroxylation sites is 1. The van der Waals surface area contributed by atoms with Gasteiger partial charge in [0.1, 0.15) is 5.82 Å². The van der Waals surface area contributed by atoms with Crippen LogP contribution in [0.4, 0.5) is 14.9 Å². The van der Waals surface area contributed by atoms with Gasteiger partial charge in [-0.1, -0.05) is 12.1 Å². The number of urea groups is 1. The zero-order chi connectivity index (χ0) is 15.9. The van der Waals surface area contributed by atoms with Crippen molar-refractivity contribution < 1.29 is 14.0 Å². The van der Waals surface area contributed by atoms with E-state index in [9.17, 15) is 14.0 Å². The number of benzene rings is 1. The highest BCUT2D eigenvalue weighted by Gasteiger charge is 2.28. The van der Waals surface area contributed by atoms with E-state index in [4.69, 9.17) is 5.73 Å². The Morgan fingerprint density at radius 2 is 2.09 bits per heavy atom. The van der Waals surface area contributed by atoms with Gasteiger partial charge in [0.25, 0.3) is 0 Å². The van der Waals surface area contributed by atoms with Gasteiger partial charge in [0.05, 0.1) is 11.6 Å². The van der Waals surface area contributed by atoms with E-state index in [1.54, 1.807) is 17.0 Å². The number of carbonyl (C=O) groups is 2. The summed E-state index contributed by atoms with van der Waals surface area (Å²) in [5.74, 6) is -0.814. The molecule has 1 fully saturated rings. The lowest BCUT2D eigenvalue weighted by molar-refractivity contribution is -0.126. The zero-order valence-electron chi connectivity index (χ0n) is 12.8. The van der Waals surface area contributed by atoms with Crippen LogP contribution < -0.4 is 16.4 Å². The highest BCUT2D eigenvalue weighted by atomic mass is 35.5. The first kappa shape index (κ1) is 19.2. The van der Waals surface area contributed by atoms with Crippen molar-refractivity contribution in [1.29, 1.82) is 0 Å². The minimum Gasteiger partial charge on any atom is -0.355 e. The summed E-state index contributed by atoms with van der Waals surface area (Å²) in [7, 11) is 0. The predicted molar refractivity (Wildman–Crippen MR) is 89.0 cm³/mol. The summed E-state index contributed by atoms with van der Waals surface area (Å²) < 4.78 is 13.6. The summed E-state index contributed by atoms with van der Waals surface area (Å²) in [6.07, 6.45) is 1.48. The van der Waals surface area contributed by atoms with Crippen LogP contribution in [0.15, 0.2) is 24.3 Å². The fraction of sp³-hybridized carbons (Fsp3) is 0.467. The van der Waals surface area contributed by atoms with Crippen molar-refractivity contribution >= 4 is 30.0 Å². The largest absolute Gasteiger partial charge is 0.355 e. The molecule has 128 valence electrons. The van der Waals surface area contributed by atoms with Crippen LogP contribution in [0.2, 0.25) is 0 Å². The van der Waals surface area contributed by atoms with Crippen LogP contribution in [0.1, 0.15) is 12.8 Å². The van der Waals surface area contributed by atoms with Crippen molar-refractivity contribution in [3.63, 3.8) is 0 Å². The summed E-state index contributed by atoms with van der Waals surface area (Å²) in [6.45, 7) is 1.70. The Balaban J connectivity index is 0.00000264. The average molecular weight is 345 g/mol. The third-order valence-electron chi connectivity index (χ3n) is 3.64. The molecule has 0 bridgehead atoms. The summed E-state index contributed by atoms with van der Waals surface area (Å²) in [5.41, 5.74) is 5.50. The molecule has 2 rings (SSSR count). The summed E-state index contributed by atoms with van der Waals surface area (Å²) in [4.78, 5) is 25.7. The second-order valence-electron chi connectivity index (χ2n) is 5.27. The van der Waals surface area contributed by atoms with E-state index in [1.807, 2.05) is 0 Å². The van der Waals surface area contributed by atoms with Gasteiger partial charge in [-0.2, -0.15) is 0 Å². The maximum absolute atomic E-state index is 13.6. The second kappa shape index (κ2) is 9.32. The van der Waals surface area contributed by atoms with Crippen LogP contribution in [0.25, 0.3) is 0 Å². The number of amides is 3. The van der Waals surface area contributed by atoms with Gasteiger partial charge in [-0.25, -0.2) is 9.18 Å². The van der Waals surface area contributed by atoms with Gasteiger partial charge < -0.3 is 21.3 Å². The van der Waals surface area contributed by atoms with Crippen LogP contribution in [-0.2, 0) is 4.79 Å². The lowest BCUT2D eigenvalue weighted by Gasteiger charge is -2.32. The zero-order valence-corrected chi connectivity index (χ0v) is 13.6. The van der Waals surface area contributed by atoms with Gasteiger partial charge in [-0.05, 0) is 25.0 Å². The van der Waals surface area contributed by atoms with E-state index >= 15 is 0 Å². The van der Waals surface area contributed by atoms with Crippen LogP contribution in [-0.4, -0.2) is 43.0 Å². The van der Waals surface area contributed by atoms with E-state index in [0.717, 1.165) is 12.8 Å². The first-order valence-corrected chi connectivity index (χ1v) is 7.40. The Morgan fingerprint density at radius 3 is 2.78 bits per heavy atom. The first-order valence-electron chi connectivity index (χ1n) is 7.40. The maximum Gasteiger partial charge on any atom is 0.321 e. The van der Waals surface area contributed by atoms with E-state index in [1.165, 1.54) is 12.1 Å². The number of piperidine rings is 1. The van der Waals surface area contributed by atoms with Crippen LogP contribution in [0.3, 0.4) is 0 Å². The molecule has 0 radical (unpaired) electrons. The number of anilines is 1. The summed E-state index contributed by atoms with van der Waals surface area (Å²) >= 11 is 0. The van der Waals surface area contributed by atoms with E-state index in [-0.39, 0.29) is 36.0 Å². The topological polar surface area (TPSA) is 87.5 Å². The minimum absolute atomic E-state index is 0. The number of carbonyl (C=O) groups excluding carboxylic acids is 2. The molecule has 1 atom stereocenters. The van der Waals surface area contributed by atoms with Gasteiger partial charge in [-0.15, -0.1) is 12.4 Å². The molecule has 1 aliphatic heterocycles. The SMILES string of the molecule is Cl.NCCNC(=O)C1CCCN(C(=O)Nc2ccccc2F)C1. The second-order valence-corrected chi connectivity index (χ2v) is 5.27. The molecular weight excluding hydrogens is 323 g/mol. The molecule has 1 saturated heterocycles. The third-order valence-corrected chi connectivity index (χ3v) is 3.64. The highest BCUT2D eigenvalue weighted by molar-refractivity contribution is 5.90. The maximum atomic E-state index is 13.6. The lowest BCUT2D eigenvalue weighted by Crippen LogP contribution is -2.47. The molecular formula is C15H22ClFN4O2. The van der Waals surface area contributed by atoms with Gasteiger partial charge in [0.2, 0.25) is 5.91 Å². The summed E-state index contributed by atoms with van der Waals surface area (Å²) in [5, 5.41) is 5.28. The van der Waals surface area contributed by atoms with Crippen molar-refractivity contribution in [3.8, 4) is 0 Å². The first-order chi connectivity index (χ1) is 10.6. The Kier molecular flexibility index (Phi) is 7.77. The van der Waals surface area contributed by atoms with E-state index < -0.39 is 5.82 Å². The predicted octanol–water partition coefficient (Wildman–Crippen LogP) is 1.57. The quantitative estimate of drug-likeness (QED) is 0.774. The molecule has 4 N–H and O–H groups in total. The normalized spacial score (nSPS) is 17.1. The van der Waals surface area contributed by atoms with E-state index in [0.29, 0.717) is 26.2 Å². The van der Waals surface area contributed by atoms with E-state index in [2.05, 4.69) is 10.6 Å². The third kappa shape index (κ3) is 5.37. The van der Waals surface area contributed by atoms with Gasteiger partial charge in [0.15, 0.2) is 0 Å². The number of halogens is 2. The molecule has 1 aliphatic rings. The number of nitrogens with two attached hydrogens (primary N) is 1. The van der Waals surface area contributed by atoms with Crippen molar-refractivity contribution in [3.05, 3.63) is 30.1 Å². The average Bonchev–Trinajstić information content (AvgIpc) is 2.54. The molecule has 0 aromatic heterocycles. The number of likely N-dealkylation sites (tertiary alicyclic amines) is 1. The van der Waals surface area contributed by atoms with Crippen LogP contribution in [0.5, 0.6) is 0 Å². The monoisotopic (exact) mass is 344 g/mol. The van der Waals surface area contributed by atoms with Gasteiger partial charge in [-0.3, -0.25) is 4.79 Å². The molecule has 1 heterocycles. The Labute approximate surface area is 141 Å². The van der Waals surface area contributed by atoms with Gasteiger partial charge in [0, 0.05) is 26.2 Å². The minimum atomic E-state index is -0.481. The summed E-state index contributed by atoms with van der Waals surface area (Å²) in [6, 6.07) is 5.61. The molecule has 1 unspecified atom stereocenters. The van der Waals surface area contributed by atoms with Crippen molar-refractivity contribution in [1.82, 2.24) is 10.2 Å². The standard InChI is InChI=1S/C15H21FN4O2.ClH/c16-12-5-1-2-6-13(12)19-15(22)20-9-3-4-11(10-20)14(21)18-8-7-17;/h1-2,5-6,11H,3-4,7-10,17H2,(H,18,21)(H,19,22);1H. The number of hydrogen-bond donors (Lipinski definition) is 3. The van der Waals surface area contributed by atoms with Crippen molar-refractivity contribution in [2.75, 3.05) is 31.5 Å². The molecule has 23 heavy (non-hydrogen) atoms.